The average molecular weight is 565 g/mol. The summed E-state index contributed by atoms with van der Waals surface area (Å²) in [5.74, 6) is -1.35. The van der Waals surface area contributed by atoms with Crippen molar-refractivity contribution in [2.45, 2.75) is 168 Å². The first-order valence-corrected chi connectivity index (χ1v) is 14.7. The molecule has 0 amide bonds. The fourth-order valence-electron chi connectivity index (χ4n) is 3.95. The topological polar surface area (TPSA) is 94.8 Å². The Hall–Kier alpha value is 0.900. The van der Waals surface area contributed by atoms with Gasteiger partial charge in [-0.25, -0.2) is 0 Å². The molecule has 214 valence electrons. The van der Waals surface area contributed by atoms with Crippen LogP contribution in [0.1, 0.15) is 166 Å². The van der Waals surface area contributed by atoms with Gasteiger partial charge in [0.2, 0.25) is 0 Å². The van der Waals surface area contributed by atoms with Gasteiger partial charge in [0.25, 0.3) is 0 Å². The van der Waals surface area contributed by atoms with Crippen molar-refractivity contribution in [2.75, 3.05) is 0 Å². The number of hydrogen-bond acceptors (Lipinski definition) is 3. The number of carboxylic acids is 2. The van der Waals surface area contributed by atoms with Crippen LogP contribution in [0.5, 0.6) is 0 Å². The summed E-state index contributed by atoms with van der Waals surface area (Å²) >= 11 is 0. The second-order valence-electron chi connectivity index (χ2n) is 9.88. The number of allylic oxidation sites excluding steroid dienone is 1. The van der Waals surface area contributed by atoms with Crippen LogP contribution in [-0.2, 0) is 9.59 Å². The van der Waals surface area contributed by atoms with E-state index in [-0.39, 0.29) is 77.7 Å². The molecule has 0 aromatic carbocycles. The Balaban J connectivity index is -0.000000102. The third-order valence-electron chi connectivity index (χ3n) is 6.22. The fourth-order valence-corrected chi connectivity index (χ4v) is 3.95. The van der Waals surface area contributed by atoms with Crippen LogP contribution < -0.4 is 29.6 Å². The molecule has 1 atom stereocenters. The standard InChI is InChI=1S/C18H34O3.C12H24O2.Ca.Na.3H/c1-2-3-4-11-14-17(19)15-12-9-7-5-6-8-10-13-16-18(20)21;1-2-3-4-5-6-7-8-9-10-11-12(13)14;;;;;/h9,12,17,19H,2-8,10-11,13-16H2,1H3,(H,20,21);2-11H2,1H3,(H,13,14);;;;;/q;;+2;+1;3*-1/b12-9-;;;;;;. The summed E-state index contributed by atoms with van der Waals surface area (Å²) < 4.78 is 0. The van der Waals surface area contributed by atoms with Crippen molar-refractivity contribution < 1.29 is 58.7 Å². The molecular weight excluding hydrogens is 503 g/mol. The summed E-state index contributed by atoms with van der Waals surface area (Å²) in [6, 6.07) is 0. The molecule has 0 aliphatic carbocycles. The van der Waals surface area contributed by atoms with E-state index in [9.17, 15) is 14.7 Å². The monoisotopic (exact) mass is 564 g/mol. The predicted molar refractivity (Wildman–Crippen MR) is 157 cm³/mol. The second-order valence-corrected chi connectivity index (χ2v) is 9.88. The molecule has 0 aromatic rings. The predicted octanol–water partition coefficient (Wildman–Crippen LogP) is 6.03. The van der Waals surface area contributed by atoms with Crippen molar-refractivity contribution in [3.8, 4) is 0 Å². The Morgan fingerprint density at radius 2 is 1.00 bits per heavy atom. The number of aliphatic hydroxyl groups is 1. The van der Waals surface area contributed by atoms with Gasteiger partial charge in [0.1, 0.15) is 0 Å². The zero-order chi connectivity index (χ0) is 26.4. The number of aliphatic hydroxyl groups excluding tert-OH is 1. The minimum atomic E-state index is -0.689. The van der Waals surface area contributed by atoms with Gasteiger partial charge in [-0.3, -0.25) is 9.59 Å². The third kappa shape index (κ3) is 47.1. The fraction of sp³-hybridized carbons (Fsp3) is 0.867. The van der Waals surface area contributed by atoms with Crippen molar-refractivity contribution in [3.63, 3.8) is 0 Å². The van der Waals surface area contributed by atoms with Crippen LogP contribution in [0.25, 0.3) is 0 Å². The summed E-state index contributed by atoms with van der Waals surface area (Å²) in [4.78, 5) is 20.5. The van der Waals surface area contributed by atoms with E-state index in [1.54, 1.807) is 0 Å². The number of aliphatic carboxylic acids is 2. The molecular formula is C30H61CaNaO5. The van der Waals surface area contributed by atoms with Gasteiger partial charge in [-0.1, -0.05) is 122 Å². The summed E-state index contributed by atoms with van der Waals surface area (Å²) in [5, 5.41) is 26.7. The number of unbranched alkanes of at least 4 members (excludes halogenated alkanes) is 16. The molecule has 0 spiro atoms. The Morgan fingerprint density at radius 1 is 0.622 bits per heavy atom. The molecule has 0 rings (SSSR count). The first kappa shape index (κ1) is 44.9. The number of rotatable bonds is 25. The zero-order valence-corrected chi connectivity index (χ0v) is 29.1. The second kappa shape index (κ2) is 39.0. The molecule has 0 aliphatic rings. The molecule has 1 unspecified atom stereocenters. The quantitative estimate of drug-likeness (QED) is 0.0715. The van der Waals surface area contributed by atoms with E-state index in [0.717, 1.165) is 64.2 Å². The first-order valence-electron chi connectivity index (χ1n) is 14.7. The minimum absolute atomic E-state index is 0. The average Bonchev–Trinajstić information content (AvgIpc) is 2.82. The van der Waals surface area contributed by atoms with Gasteiger partial charge in [-0.15, -0.1) is 0 Å². The molecule has 7 heteroatoms. The van der Waals surface area contributed by atoms with Crippen molar-refractivity contribution in [2.24, 2.45) is 0 Å². The number of hydrogen-bond donors (Lipinski definition) is 3. The van der Waals surface area contributed by atoms with Gasteiger partial charge >= 0.3 is 79.2 Å². The van der Waals surface area contributed by atoms with E-state index < -0.39 is 11.9 Å². The van der Waals surface area contributed by atoms with Crippen molar-refractivity contribution in [3.05, 3.63) is 12.2 Å². The Morgan fingerprint density at radius 3 is 1.43 bits per heavy atom. The normalized spacial score (nSPS) is 11.2. The van der Waals surface area contributed by atoms with Crippen LogP contribution in [0.2, 0.25) is 0 Å². The molecule has 0 aromatic heterocycles. The summed E-state index contributed by atoms with van der Waals surface area (Å²) in [7, 11) is 0. The Bertz CT molecular complexity index is 504. The maximum Gasteiger partial charge on any atom is 2.00 e. The molecule has 0 radical (unpaired) electrons. The smallest absolute Gasteiger partial charge is 1.00 e. The van der Waals surface area contributed by atoms with Crippen molar-refractivity contribution in [1.82, 2.24) is 0 Å². The van der Waals surface area contributed by atoms with E-state index in [1.807, 2.05) is 0 Å². The van der Waals surface area contributed by atoms with Crippen LogP contribution in [0.15, 0.2) is 12.2 Å². The van der Waals surface area contributed by atoms with Crippen molar-refractivity contribution >= 4 is 49.7 Å². The molecule has 0 saturated heterocycles. The van der Waals surface area contributed by atoms with Gasteiger partial charge in [-0.05, 0) is 38.5 Å². The van der Waals surface area contributed by atoms with Crippen LogP contribution >= 0.6 is 0 Å². The maximum absolute atomic E-state index is 10.3. The molecule has 0 bridgehead atoms. The van der Waals surface area contributed by atoms with Gasteiger partial charge < -0.3 is 19.6 Å². The largest absolute Gasteiger partial charge is 2.00 e. The van der Waals surface area contributed by atoms with Gasteiger partial charge in [0.05, 0.1) is 6.10 Å². The molecule has 0 heterocycles. The van der Waals surface area contributed by atoms with E-state index >= 15 is 0 Å². The van der Waals surface area contributed by atoms with E-state index in [2.05, 4.69) is 26.0 Å². The Kier molecular flexibility index (Phi) is 47.4. The van der Waals surface area contributed by atoms with Crippen LogP contribution in [0.3, 0.4) is 0 Å². The van der Waals surface area contributed by atoms with Crippen molar-refractivity contribution in [1.29, 1.82) is 0 Å². The summed E-state index contributed by atoms with van der Waals surface area (Å²) in [5.41, 5.74) is 0. The third-order valence-corrected chi connectivity index (χ3v) is 6.22. The number of carboxylic acid groups (broad SMARTS) is 2. The molecule has 3 N–H and O–H groups in total. The molecule has 0 aliphatic heterocycles. The SMILES string of the molecule is CCCCCCC(O)C/C=C\CCCCCCCC(=O)O.CCCCCCCCCCCC(=O)O.[Ca+2].[H-].[H-].[H-].[Na+]. The van der Waals surface area contributed by atoms with Crippen LogP contribution in [-0.4, -0.2) is 71.1 Å². The minimum Gasteiger partial charge on any atom is -1.00 e. The number of carbonyl (C=O) groups is 2. The first-order chi connectivity index (χ1) is 16.9. The molecule has 5 nitrogen and oxygen atoms in total. The van der Waals surface area contributed by atoms with Gasteiger partial charge in [-0.2, -0.15) is 0 Å². The van der Waals surface area contributed by atoms with E-state index in [4.69, 9.17) is 10.2 Å². The van der Waals surface area contributed by atoms with Gasteiger partial charge in [0, 0.05) is 12.8 Å². The summed E-state index contributed by atoms with van der Waals surface area (Å²) in [6.07, 6.45) is 28.8. The molecule has 0 fully saturated rings. The van der Waals surface area contributed by atoms with Gasteiger partial charge in [0.15, 0.2) is 0 Å². The van der Waals surface area contributed by atoms with E-state index in [1.165, 1.54) is 70.6 Å². The molecule has 37 heavy (non-hydrogen) atoms. The molecule has 0 saturated carbocycles. The van der Waals surface area contributed by atoms with Crippen LogP contribution in [0, 0.1) is 0 Å². The Labute approximate surface area is 285 Å². The zero-order valence-electron chi connectivity index (χ0n) is 27.9. The maximum atomic E-state index is 10.3. The summed E-state index contributed by atoms with van der Waals surface area (Å²) in [6.45, 7) is 4.43. The van der Waals surface area contributed by atoms with Crippen LogP contribution in [0.4, 0.5) is 0 Å². The van der Waals surface area contributed by atoms with E-state index in [0.29, 0.717) is 12.8 Å².